The van der Waals surface area contributed by atoms with Gasteiger partial charge in [0.1, 0.15) is 5.75 Å². The lowest BCUT2D eigenvalue weighted by Crippen LogP contribution is -2.13. The van der Waals surface area contributed by atoms with E-state index in [1.165, 1.54) is 6.07 Å². The maximum Gasteiger partial charge on any atom is 0.167 e. The van der Waals surface area contributed by atoms with Gasteiger partial charge in [0.05, 0.1) is 0 Å². The van der Waals surface area contributed by atoms with Crippen LogP contribution in [0.25, 0.3) is 0 Å². The molecule has 0 aliphatic heterocycles. The van der Waals surface area contributed by atoms with Crippen molar-refractivity contribution in [2.75, 3.05) is 7.05 Å². The monoisotopic (exact) mass is 273 g/mol. The molecule has 0 aliphatic carbocycles. The Morgan fingerprint density at radius 3 is 2.60 bits per heavy atom. The first-order valence-electron chi connectivity index (χ1n) is 6.88. The maximum atomic E-state index is 14.1. The van der Waals surface area contributed by atoms with Gasteiger partial charge in [-0.25, -0.2) is 4.39 Å². The SMILES string of the molecule is CCc1ccccc1Oc1c(F)cccc1C(C)NC. The molecule has 3 heteroatoms. The summed E-state index contributed by atoms with van der Waals surface area (Å²) in [7, 11) is 1.85. The van der Waals surface area contributed by atoms with Crippen LogP contribution in [0.2, 0.25) is 0 Å². The average molecular weight is 273 g/mol. The zero-order valence-electron chi connectivity index (χ0n) is 12.1. The average Bonchev–Trinajstić information content (AvgIpc) is 2.49. The van der Waals surface area contributed by atoms with Crippen molar-refractivity contribution in [3.63, 3.8) is 0 Å². The Morgan fingerprint density at radius 2 is 1.90 bits per heavy atom. The molecule has 2 aromatic rings. The van der Waals surface area contributed by atoms with Crippen LogP contribution >= 0.6 is 0 Å². The van der Waals surface area contributed by atoms with E-state index in [0.29, 0.717) is 11.5 Å². The summed E-state index contributed by atoms with van der Waals surface area (Å²) >= 11 is 0. The topological polar surface area (TPSA) is 21.3 Å². The number of rotatable bonds is 5. The molecule has 2 aromatic carbocycles. The summed E-state index contributed by atoms with van der Waals surface area (Å²) in [5.41, 5.74) is 1.89. The van der Waals surface area contributed by atoms with Gasteiger partial charge in [-0.1, -0.05) is 37.3 Å². The smallest absolute Gasteiger partial charge is 0.167 e. The molecule has 0 bridgehead atoms. The van der Waals surface area contributed by atoms with Crippen LogP contribution < -0.4 is 10.1 Å². The van der Waals surface area contributed by atoms with E-state index in [2.05, 4.69) is 12.2 Å². The predicted octanol–water partition coefficient (Wildman–Crippen LogP) is 4.46. The summed E-state index contributed by atoms with van der Waals surface area (Å²) in [6, 6.07) is 12.8. The van der Waals surface area contributed by atoms with E-state index < -0.39 is 0 Å². The fraction of sp³-hybridized carbons (Fsp3) is 0.294. The van der Waals surface area contributed by atoms with Gasteiger partial charge in [0.15, 0.2) is 11.6 Å². The fourth-order valence-electron chi connectivity index (χ4n) is 2.14. The van der Waals surface area contributed by atoms with Crippen LogP contribution in [0.15, 0.2) is 42.5 Å². The van der Waals surface area contributed by atoms with Gasteiger partial charge < -0.3 is 10.1 Å². The van der Waals surface area contributed by atoms with Crippen LogP contribution in [0, 0.1) is 5.82 Å². The fourth-order valence-corrected chi connectivity index (χ4v) is 2.14. The molecule has 0 radical (unpaired) electrons. The molecule has 106 valence electrons. The third-order valence-corrected chi connectivity index (χ3v) is 3.46. The molecule has 0 saturated carbocycles. The standard InChI is InChI=1S/C17H20FNO/c1-4-13-8-5-6-11-16(13)20-17-14(12(2)19-3)9-7-10-15(17)18/h5-12,19H,4H2,1-3H3. The van der Waals surface area contributed by atoms with E-state index in [0.717, 1.165) is 17.5 Å². The number of para-hydroxylation sites is 2. The molecule has 0 spiro atoms. The molecule has 2 nitrogen and oxygen atoms in total. The highest BCUT2D eigenvalue weighted by Gasteiger charge is 2.16. The van der Waals surface area contributed by atoms with Crippen LogP contribution in [0.4, 0.5) is 4.39 Å². The van der Waals surface area contributed by atoms with E-state index in [1.54, 1.807) is 6.07 Å². The van der Waals surface area contributed by atoms with Crippen LogP contribution in [0.5, 0.6) is 11.5 Å². The summed E-state index contributed by atoms with van der Waals surface area (Å²) in [6.07, 6.45) is 0.849. The van der Waals surface area contributed by atoms with Crippen LogP contribution in [0.3, 0.4) is 0 Å². The number of hydrogen-bond donors (Lipinski definition) is 1. The first-order valence-corrected chi connectivity index (χ1v) is 6.88. The normalized spacial score (nSPS) is 12.2. The molecule has 1 N–H and O–H groups in total. The number of aryl methyl sites for hydroxylation is 1. The highest BCUT2D eigenvalue weighted by molar-refractivity contribution is 5.43. The molecule has 1 unspecified atom stereocenters. The summed E-state index contributed by atoms with van der Waals surface area (Å²) < 4.78 is 20.0. The minimum absolute atomic E-state index is 0.0227. The van der Waals surface area contributed by atoms with Gasteiger partial charge in [0.25, 0.3) is 0 Å². The van der Waals surface area contributed by atoms with E-state index in [4.69, 9.17) is 4.74 Å². The van der Waals surface area contributed by atoms with Gasteiger partial charge in [-0.05, 0) is 38.1 Å². The first kappa shape index (κ1) is 14.5. The lowest BCUT2D eigenvalue weighted by atomic mass is 10.1. The Morgan fingerprint density at radius 1 is 1.15 bits per heavy atom. The van der Waals surface area contributed by atoms with Crippen molar-refractivity contribution in [2.24, 2.45) is 0 Å². The van der Waals surface area contributed by atoms with Gasteiger partial charge in [0.2, 0.25) is 0 Å². The molecule has 0 aliphatic rings. The van der Waals surface area contributed by atoms with Crippen molar-refractivity contribution in [1.29, 1.82) is 0 Å². The van der Waals surface area contributed by atoms with Gasteiger partial charge in [-0.3, -0.25) is 0 Å². The second kappa shape index (κ2) is 6.53. The maximum absolute atomic E-state index is 14.1. The Balaban J connectivity index is 2.42. The van der Waals surface area contributed by atoms with Crippen molar-refractivity contribution < 1.29 is 9.13 Å². The van der Waals surface area contributed by atoms with Crippen molar-refractivity contribution in [2.45, 2.75) is 26.3 Å². The largest absolute Gasteiger partial charge is 0.454 e. The molecule has 0 aromatic heterocycles. The van der Waals surface area contributed by atoms with Crippen LogP contribution in [0.1, 0.15) is 31.0 Å². The quantitative estimate of drug-likeness (QED) is 0.868. The van der Waals surface area contributed by atoms with Crippen molar-refractivity contribution in [1.82, 2.24) is 5.32 Å². The van der Waals surface area contributed by atoms with Gasteiger partial charge in [-0.2, -0.15) is 0 Å². The number of hydrogen-bond acceptors (Lipinski definition) is 2. The molecular weight excluding hydrogens is 253 g/mol. The Kier molecular flexibility index (Phi) is 4.74. The van der Waals surface area contributed by atoms with Crippen LogP contribution in [-0.4, -0.2) is 7.05 Å². The highest BCUT2D eigenvalue weighted by Crippen LogP contribution is 2.33. The summed E-state index contributed by atoms with van der Waals surface area (Å²) in [4.78, 5) is 0. The van der Waals surface area contributed by atoms with Crippen molar-refractivity contribution in [3.8, 4) is 11.5 Å². The third-order valence-electron chi connectivity index (χ3n) is 3.46. The van der Waals surface area contributed by atoms with Crippen molar-refractivity contribution in [3.05, 3.63) is 59.4 Å². The Hall–Kier alpha value is -1.87. The molecule has 20 heavy (non-hydrogen) atoms. The molecular formula is C17H20FNO. The zero-order valence-corrected chi connectivity index (χ0v) is 12.1. The van der Waals surface area contributed by atoms with E-state index in [9.17, 15) is 4.39 Å². The summed E-state index contributed by atoms with van der Waals surface area (Å²) in [5.74, 6) is 0.676. The number of nitrogens with one attached hydrogen (secondary N) is 1. The first-order chi connectivity index (χ1) is 9.67. The molecule has 0 fully saturated rings. The molecule has 1 atom stereocenters. The molecule has 0 amide bonds. The third kappa shape index (κ3) is 2.99. The Bertz CT molecular complexity index is 583. The predicted molar refractivity (Wildman–Crippen MR) is 79.8 cm³/mol. The number of benzene rings is 2. The summed E-state index contributed by atoms with van der Waals surface area (Å²) in [6.45, 7) is 4.04. The van der Waals surface area contributed by atoms with E-state index in [1.807, 2.05) is 44.3 Å². The van der Waals surface area contributed by atoms with Gasteiger partial charge in [-0.15, -0.1) is 0 Å². The van der Waals surface area contributed by atoms with Gasteiger partial charge in [0, 0.05) is 11.6 Å². The second-order valence-electron chi connectivity index (χ2n) is 4.73. The van der Waals surface area contributed by atoms with Crippen LogP contribution in [-0.2, 0) is 6.42 Å². The molecule has 0 saturated heterocycles. The lowest BCUT2D eigenvalue weighted by molar-refractivity contribution is 0.425. The van der Waals surface area contributed by atoms with Gasteiger partial charge >= 0.3 is 0 Å². The second-order valence-corrected chi connectivity index (χ2v) is 4.73. The molecule has 2 rings (SSSR count). The number of halogens is 1. The minimum Gasteiger partial charge on any atom is -0.454 e. The molecule has 0 heterocycles. The Labute approximate surface area is 119 Å². The van der Waals surface area contributed by atoms with E-state index in [-0.39, 0.29) is 11.9 Å². The zero-order chi connectivity index (χ0) is 14.5. The minimum atomic E-state index is -0.337. The summed E-state index contributed by atoms with van der Waals surface area (Å²) in [5, 5.41) is 3.12. The van der Waals surface area contributed by atoms with E-state index >= 15 is 0 Å². The van der Waals surface area contributed by atoms with Crippen molar-refractivity contribution >= 4 is 0 Å². The number of ether oxygens (including phenoxy) is 1. The highest BCUT2D eigenvalue weighted by atomic mass is 19.1. The lowest BCUT2D eigenvalue weighted by Gasteiger charge is -2.18.